The molecule has 1 rings (SSSR count). The maximum absolute atomic E-state index is 11.1. The number of hydrogen-bond donors (Lipinski definition) is 1. The maximum atomic E-state index is 11.1. The van der Waals surface area contributed by atoms with Gasteiger partial charge in [0.15, 0.2) is 0 Å². The molecular weight excluding hydrogens is 242 g/mol. The molecule has 1 aromatic rings. The molecule has 0 heterocycles. The molecule has 1 atom stereocenters. The third kappa shape index (κ3) is 5.41. The Hall–Kier alpha value is -1.39. The second-order valence-corrected chi connectivity index (χ2v) is 4.35. The number of aliphatic carboxylic acids is 1. The zero-order valence-electron chi connectivity index (χ0n) is 11.7. The van der Waals surface area contributed by atoms with Crippen molar-refractivity contribution in [3.8, 4) is 0 Å². The van der Waals surface area contributed by atoms with E-state index in [0.717, 1.165) is 18.7 Å². The number of ether oxygens (including phenoxy) is 1. The predicted octanol–water partition coefficient (Wildman–Crippen LogP) is 2.56. The van der Waals surface area contributed by atoms with Crippen molar-refractivity contribution in [1.29, 1.82) is 0 Å². The van der Waals surface area contributed by atoms with Gasteiger partial charge in [-0.1, -0.05) is 37.3 Å². The highest BCUT2D eigenvalue weighted by Gasteiger charge is 2.21. The zero-order chi connectivity index (χ0) is 14.1. The van der Waals surface area contributed by atoms with Crippen LogP contribution in [0.3, 0.4) is 0 Å². The minimum atomic E-state index is -0.774. The Morgan fingerprint density at radius 2 is 2.00 bits per heavy atom. The van der Waals surface area contributed by atoms with Gasteiger partial charge in [-0.05, 0) is 19.0 Å². The van der Waals surface area contributed by atoms with Gasteiger partial charge in [0.05, 0.1) is 13.0 Å². The Morgan fingerprint density at radius 3 is 2.53 bits per heavy atom. The topological polar surface area (TPSA) is 49.8 Å². The van der Waals surface area contributed by atoms with E-state index in [9.17, 15) is 4.79 Å². The molecule has 0 fully saturated rings. The molecule has 0 bridgehead atoms. The molecule has 0 aliphatic heterocycles. The predicted molar refractivity (Wildman–Crippen MR) is 75.2 cm³/mol. The van der Waals surface area contributed by atoms with Crippen molar-refractivity contribution in [2.45, 2.75) is 26.3 Å². The lowest BCUT2D eigenvalue weighted by atomic mass is 10.0. The molecule has 0 amide bonds. The van der Waals surface area contributed by atoms with Crippen LogP contribution in [0.2, 0.25) is 0 Å². The molecule has 19 heavy (non-hydrogen) atoms. The highest BCUT2D eigenvalue weighted by Crippen LogP contribution is 2.23. The molecule has 0 spiro atoms. The third-order valence-electron chi connectivity index (χ3n) is 3.13. The van der Waals surface area contributed by atoms with Gasteiger partial charge in [0.1, 0.15) is 0 Å². The summed E-state index contributed by atoms with van der Waals surface area (Å²) in [6.45, 7) is 6.88. The van der Waals surface area contributed by atoms with Gasteiger partial charge in [-0.3, -0.25) is 9.69 Å². The minimum absolute atomic E-state index is 0.0934. The normalized spacial score (nSPS) is 12.6. The lowest BCUT2D eigenvalue weighted by Gasteiger charge is -2.30. The van der Waals surface area contributed by atoms with Crippen molar-refractivity contribution in [2.24, 2.45) is 0 Å². The number of nitrogens with zero attached hydrogens (tertiary/aromatic N) is 1. The van der Waals surface area contributed by atoms with Crippen LogP contribution < -0.4 is 0 Å². The van der Waals surface area contributed by atoms with Gasteiger partial charge >= 0.3 is 5.97 Å². The van der Waals surface area contributed by atoms with Crippen LogP contribution in [0.1, 0.15) is 31.9 Å². The lowest BCUT2D eigenvalue weighted by Crippen LogP contribution is -2.33. The van der Waals surface area contributed by atoms with Crippen molar-refractivity contribution in [3.05, 3.63) is 35.9 Å². The van der Waals surface area contributed by atoms with Gasteiger partial charge in [-0.2, -0.15) is 0 Å². The van der Waals surface area contributed by atoms with Crippen molar-refractivity contribution in [1.82, 2.24) is 4.90 Å². The number of rotatable bonds is 9. The Balaban J connectivity index is 2.78. The quantitative estimate of drug-likeness (QED) is 0.697. The fourth-order valence-corrected chi connectivity index (χ4v) is 2.16. The summed E-state index contributed by atoms with van der Waals surface area (Å²) in [4.78, 5) is 13.2. The van der Waals surface area contributed by atoms with Crippen LogP contribution in [-0.2, 0) is 9.53 Å². The molecule has 106 valence electrons. The van der Waals surface area contributed by atoms with Crippen LogP contribution in [0.15, 0.2) is 30.3 Å². The van der Waals surface area contributed by atoms with E-state index in [2.05, 4.69) is 4.90 Å². The standard InChI is InChI=1S/C15H23NO3/c1-3-16(10-11-19-4-2)14(12-15(17)18)13-8-6-5-7-9-13/h5-9,14H,3-4,10-12H2,1-2H3,(H,17,18). The summed E-state index contributed by atoms with van der Waals surface area (Å²) < 4.78 is 5.37. The van der Waals surface area contributed by atoms with Gasteiger partial charge in [0.2, 0.25) is 0 Å². The van der Waals surface area contributed by atoms with Crippen LogP contribution >= 0.6 is 0 Å². The third-order valence-corrected chi connectivity index (χ3v) is 3.13. The molecule has 4 heteroatoms. The van der Waals surface area contributed by atoms with Crippen LogP contribution in [0.5, 0.6) is 0 Å². The number of carboxylic acids is 1. The average molecular weight is 265 g/mol. The van der Waals surface area contributed by atoms with Gasteiger partial charge < -0.3 is 9.84 Å². The Morgan fingerprint density at radius 1 is 1.32 bits per heavy atom. The van der Waals surface area contributed by atoms with Crippen LogP contribution in [0, 0.1) is 0 Å². The molecule has 0 aromatic heterocycles. The van der Waals surface area contributed by atoms with Crippen molar-refractivity contribution >= 4 is 5.97 Å². The van der Waals surface area contributed by atoms with E-state index in [-0.39, 0.29) is 12.5 Å². The first-order valence-corrected chi connectivity index (χ1v) is 6.77. The smallest absolute Gasteiger partial charge is 0.305 e. The first-order valence-electron chi connectivity index (χ1n) is 6.77. The van der Waals surface area contributed by atoms with Crippen LogP contribution in [0.4, 0.5) is 0 Å². The van der Waals surface area contributed by atoms with Gasteiger partial charge in [-0.15, -0.1) is 0 Å². The molecule has 0 saturated carbocycles. The highest BCUT2D eigenvalue weighted by molar-refractivity contribution is 5.67. The monoisotopic (exact) mass is 265 g/mol. The first kappa shape index (κ1) is 15.7. The molecule has 1 aromatic carbocycles. The van der Waals surface area contributed by atoms with Gasteiger partial charge in [0, 0.05) is 19.2 Å². The van der Waals surface area contributed by atoms with Gasteiger partial charge in [-0.25, -0.2) is 0 Å². The average Bonchev–Trinajstić information content (AvgIpc) is 2.42. The highest BCUT2D eigenvalue weighted by atomic mass is 16.5. The second-order valence-electron chi connectivity index (χ2n) is 4.35. The SMILES string of the molecule is CCOCCN(CC)C(CC(=O)O)c1ccccc1. The van der Waals surface area contributed by atoms with E-state index in [1.165, 1.54) is 0 Å². The Labute approximate surface area is 115 Å². The molecule has 0 saturated heterocycles. The molecule has 1 unspecified atom stereocenters. The minimum Gasteiger partial charge on any atom is -0.481 e. The second kappa shape index (κ2) is 8.67. The van der Waals surface area contributed by atoms with Crippen molar-refractivity contribution in [3.63, 3.8) is 0 Å². The fourth-order valence-electron chi connectivity index (χ4n) is 2.16. The lowest BCUT2D eigenvalue weighted by molar-refractivity contribution is -0.138. The zero-order valence-corrected chi connectivity index (χ0v) is 11.7. The number of carbonyl (C=O) groups is 1. The summed E-state index contributed by atoms with van der Waals surface area (Å²) in [6, 6.07) is 9.71. The number of carboxylic acid groups (broad SMARTS) is 1. The van der Waals surface area contributed by atoms with Crippen LogP contribution in [-0.4, -0.2) is 42.3 Å². The van der Waals surface area contributed by atoms with E-state index in [0.29, 0.717) is 13.2 Å². The maximum Gasteiger partial charge on any atom is 0.305 e. The summed E-state index contributed by atoms with van der Waals surface area (Å²) >= 11 is 0. The van der Waals surface area contributed by atoms with E-state index in [1.807, 2.05) is 44.2 Å². The molecular formula is C15H23NO3. The molecule has 0 aliphatic carbocycles. The van der Waals surface area contributed by atoms with Crippen molar-refractivity contribution < 1.29 is 14.6 Å². The van der Waals surface area contributed by atoms with E-state index >= 15 is 0 Å². The Kier molecular flexibility index (Phi) is 7.15. The van der Waals surface area contributed by atoms with Crippen molar-refractivity contribution in [2.75, 3.05) is 26.3 Å². The first-order chi connectivity index (χ1) is 9.19. The number of likely N-dealkylation sites (N-methyl/N-ethyl adjacent to an activating group) is 1. The van der Waals surface area contributed by atoms with E-state index in [1.54, 1.807) is 0 Å². The summed E-state index contributed by atoms with van der Waals surface area (Å²) in [5.74, 6) is -0.774. The Bertz CT molecular complexity index is 367. The van der Waals surface area contributed by atoms with E-state index < -0.39 is 5.97 Å². The molecule has 1 N–H and O–H groups in total. The largest absolute Gasteiger partial charge is 0.481 e. The number of benzene rings is 1. The molecule has 0 aliphatic rings. The molecule has 0 radical (unpaired) electrons. The fraction of sp³-hybridized carbons (Fsp3) is 0.533. The number of hydrogen-bond acceptors (Lipinski definition) is 3. The molecule has 4 nitrogen and oxygen atoms in total. The van der Waals surface area contributed by atoms with Gasteiger partial charge in [0.25, 0.3) is 0 Å². The summed E-state index contributed by atoms with van der Waals surface area (Å²) in [6.07, 6.45) is 0.115. The summed E-state index contributed by atoms with van der Waals surface area (Å²) in [7, 11) is 0. The summed E-state index contributed by atoms with van der Waals surface area (Å²) in [5, 5.41) is 9.10. The van der Waals surface area contributed by atoms with Crippen LogP contribution in [0.25, 0.3) is 0 Å². The van der Waals surface area contributed by atoms with E-state index in [4.69, 9.17) is 9.84 Å². The summed E-state index contributed by atoms with van der Waals surface area (Å²) in [5.41, 5.74) is 1.04.